The van der Waals surface area contributed by atoms with Crippen LogP contribution < -0.4 is 0 Å². The van der Waals surface area contributed by atoms with Crippen LogP contribution in [-0.2, 0) is 20.8 Å². The Balaban J connectivity index is 1.98. The van der Waals surface area contributed by atoms with E-state index in [-0.39, 0.29) is 30.9 Å². The van der Waals surface area contributed by atoms with Crippen LogP contribution in [0.4, 0.5) is 4.79 Å². The van der Waals surface area contributed by atoms with Crippen molar-refractivity contribution in [3.63, 3.8) is 0 Å². The number of carbonyl (C=O) groups is 1. The Kier molecular flexibility index (Phi) is 10.4. The first-order valence-electron chi connectivity index (χ1n) is 9.97. The molecule has 152 valence electrons. The van der Waals surface area contributed by atoms with Crippen LogP contribution in [0.3, 0.4) is 0 Å². The highest BCUT2D eigenvalue weighted by Gasteiger charge is 2.45. The minimum Gasteiger partial charge on any atom is -0.445 e. The fourth-order valence-corrected chi connectivity index (χ4v) is 4.13. The highest BCUT2D eigenvalue weighted by Crippen LogP contribution is 2.27. The van der Waals surface area contributed by atoms with Crippen LogP contribution in [0.1, 0.15) is 45.1 Å². The molecule has 1 aliphatic rings. The van der Waals surface area contributed by atoms with E-state index in [1.54, 1.807) is 4.90 Å². The van der Waals surface area contributed by atoms with Crippen molar-refractivity contribution in [2.24, 2.45) is 0 Å². The molecule has 1 amide bonds. The molecular formula is C21H32INO4. The number of benzene rings is 1. The zero-order valence-electron chi connectivity index (χ0n) is 16.4. The third-order valence-corrected chi connectivity index (χ3v) is 5.66. The average molecular weight is 489 g/mol. The van der Waals surface area contributed by atoms with Gasteiger partial charge in [-0.3, -0.25) is 4.90 Å². The number of alkyl halides is 1. The zero-order chi connectivity index (χ0) is 19.5. The van der Waals surface area contributed by atoms with Gasteiger partial charge >= 0.3 is 6.09 Å². The summed E-state index contributed by atoms with van der Waals surface area (Å²) in [6.07, 6.45) is 3.76. The molecule has 0 bridgehead atoms. The number of rotatable bonds is 11. The van der Waals surface area contributed by atoms with Crippen LogP contribution >= 0.6 is 22.6 Å². The van der Waals surface area contributed by atoms with Crippen molar-refractivity contribution in [1.29, 1.82) is 0 Å². The van der Waals surface area contributed by atoms with Gasteiger partial charge in [-0.05, 0) is 18.4 Å². The summed E-state index contributed by atoms with van der Waals surface area (Å²) in [6.45, 7) is 6.52. The molecule has 0 unspecified atom stereocenters. The Morgan fingerprint density at radius 3 is 2.41 bits per heavy atom. The largest absolute Gasteiger partial charge is 0.445 e. The van der Waals surface area contributed by atoms with Crippen LogP contribution in [0.25, 0.3) is 0 Å². The first-order valence-corrected chi connectivity index (χ1v) is 11.5. The number of halogens is 1. The Bertz CT molecular complexity index is 542. The van der Waals surface area contributed by atoms with Crippen LogP contribution in [0, 0.1) is 0 Å². The molecule has 1 heterocycles. The third-order valence-electron chi connectivity index (χ3n) is 4.76. The molecule has 1 aromatic carbocycles. The lowest BCUT2D eigenvalue weighted by Crippen LogP contribution is -2.42. The van der Waals surface area contributed by atoms with Gasteiger partial charge in [-0.1, -0.05) is 79.6 Å². The smallest absolute Gasteiger partial charge is 0.410 e. The molecule has 0 N–H and O–H groups in total. The van der Waals surface area contributed by atoms with Gasteiger partial charge in [0.2, 0.25) is 0 Å². The molecular weight excluding hydrogens is 457 g/mol. The van der Waals surface area contributed by atoms with Gasteiger partial charge in [-0.15, -0.1) is 0 Å². The summed E-state index contributed by atoms with van der Waals surface area (Å²) in [6, 6.07) is 9.75. The van der Waals surface area contributed by atoms with Gasteiger partial charge in [0.15, 0.2) is 0 Å². The molecule has 1 saturated heterocycles. The van der Waals surface area contributed by atoms with Crippen molar-refractivity contribution in [3.05, 3.63) is 35.9 Å². The van der Waals surface area contributed by atoms with E-state index in [4.69, 9.17) is 14.2 Å². The SMILES string of the molecule is CCCCO[C@@H]1[C@@H](OCCCC)CN(C(=O)OCc2ccccc2)[C@@H]1CI. The molecule has 3 atom stereocenters. The number of hydrogen-bond donors (Lipinski definition) is 0. The number of carbonyl (C=O) groups excluding carboxylic acids is 1. The van der Waals surface area contributed by atoms with E-state index in [0.29, 0.717) is 19.8 Å². The molecule has 27 heavy (non-hydrogen) atoms. The number of nitrogens with zero attached hydrogens (tertiary/aromatic N) is 1. The maximum absolute atomic E-state index is 12.7. The number of amides is 1. The number of ether oxygens (including phenoxy) is 3. The normalized spacial score (nSPS) is 22.2. The number of likely N-dealkylation sites (tertiary alicyclic amines) is 1. The minimum atomic E-state index is -0.286. The van der Waals surface area contributed by atoms with Gasteiger partial charge in [0, 0.05) is 17.6 Å². The molecule has 2 rings (SSSR count). The van der Waals surface area contributed by atoms with Gasteiger partial charge in [0.1, 0.15) is 18.8 Å². The summed E-state index contributed by atoms with van der Waals surface area (Å²) in [4.78, 5) is 14.5. The number of unbranched alkanes of at least 4 members (excludes halogenated alkanes) is 2. The quantitative estimate of drug-likeness (QED) is 0.254. The lowest BCUT2D eigenvalue weighted by atomic mass is 10.1. The van der Waals surface area contributed by atoms with Crippen molar-refractivity contribution < 1.29 is 19.0 Å². The van der Waals surface area contributed by atoms with E-state index in [2.05, 4.69) is 36.4 Å². The maximum atomic E-state index is 12.7. The Morgan fingerprint density at radius 2 is 1.78 bits per heavy atom. The lowest BCUT2D eigenvalue weighted by Gasteiger charge is -2.26. The van der Waals surface area contributed by atoms with E-state index in [9.17, 15) is 4.79 Å². The standard InChI is InChI=1S/C21H32INO4/c1-3-5-12-25-19-15-23(18(14-22)20(19)26-13-6-4-2)21(24)27-16-17-10-8-7-9-11-17/h7-11,18-20H,3-6,12-16H2,1-2H3/t18-,19+,20+/m1/s1. The van der Waals surface area contributed by atoms with Crippen molar-refractivity contribution in [2.45, 2.75) is 64.4 Å². The van der Waals surface area contributed by atoms with E-state index in [1.807, 2.05) is 30.3 Å². The first kappa shape index (κ1) is 22.4. The second kappa shape index (κ2) is 12.6. The maximum Gasteiger partial charge on any atom is 0.410 e. The van der Waals surface area contributed by atoms with Crippen molar-refractivity contribution in [3.8, 4) is 0 Å². The molecule has 0 spiro atoms. The van der Waals surface area contributed by atoms with Crippen LogP contribution in [0.5, 0.6) is 0 Å². The summed E-state index contributed by atoms with van der Waals surface area (Å²) < 4.78 is 18.6. The second-order valence-corrected chi connectivity index (χ2v) is 7.75. The predicted octanol–water partition coefficient (Wildman–Crippen LogP) is 4.81. The molecule has 5 nitrogen and oxygen atoms in total. The van der Waals surface area contributed by atoms with Crippen LogP contribution in [0.15, 0.2) is 30.3 Å². The molecule has 6 heteroatoms. The molecule has 0 aromatic heterocycles. The van der Waals surface area contributed by atoms with Gasteiger partial charge in [0.25, 0.3) is 0 Å². The van der Waals surface area contributed by atoms with E-state index in [1.165, 1.54) is 0 Å². The Labute approximate surface area is 176 Å². The summed E-state index contributed by atoms with van der Waals surface area (Å²) in [5.74, 6) is 0. The first-order chi connectivity index (χ1) is 13.2. The average Bonchev–Trinajstić information content (AvgIpc) is 3.05. The molecule has 1 fully saturated rings. The van der Waals surface area contributed by atoms with Crippen LogP contribution in [-0.4, -0.2) is 53.4 Å². The zero-order valence-corrected chi connectivity index (χ0v) is 18.6. The Hall–Kier alpha value is -0.860. The predicted molar refractivity (Wildman–Crippen MR) is 115 cm³/mol. The summed E-state index contributed by atoms with van der Waals surface area (Å²) in [5.41, 5.74) is 0.988. The van der Waals surface area contributed by atoms with Gasteiger partial charge in [-0.2, -0.15) is 0 Å². The highest BCUT2D eigenvalue weighted by molar-refractivity contribution is 14.1. The van der Waals surface area contributed by atoms with Gasteiger partial charge in [-0.25, -0.2) is 4.79 Å². The summed E-state index contributed by atoms with van der Waals surface area (Å²) in [7, 11) is 0. The van der Waals surface area contributed by atoms with Crippen molar-refractivity contribution in [2.75, 3.05) is 24.2 Å². The minimum absolute atomic E-state index is 0.0163. The molecule has 0 radical (unpaired) electrons. The lowest BCUT2D eigenvalue weighted by molar-refractivity contribution is -0.0567. The number of hydrogen-bond acceptors (Lipinski definition) is 4. The molecule has 1 aliphatic heterocycles. The molecule has 0 saturated carbocycles. The highest BCUT2D eigenvalue weighted by atomic mass is 127. The third kappa shape index (κ3) is 6.91. The van der Waals surface area contributed by atoms with Crippen molar-refractivity contribution >= 4 is 28.7 Å². The fraction of sp³-hybridized carbons (Fsp3) is 0.667. The van der Waals surface area contributed by atoms with Crippen molar-refractivity contribution in [1.82, 2.24) is 4.90 Å². The van der Waals surface area contributed by atoms with E-state index < -0.39 is 0 Å². The second-order valence-electron chi connectivity index (χ2n) is 6.87. The Morgan fingerprint density at radius 1 is 1.11 bits per heavy atom. The van der Waals surface area contributed by atoms with E-state index >= 15 is 0 Å². The molecule has 0 aliphatic carbocycles. The van der Waals surface area contributed by atoms with Gasteiger partial charge in [0.05, 0.1) is 12.6 Å². The monoisotopic (exact) mass is 489 g/mol. The van der Waals surface area contributed by atoms with Crippen LogP contribution in [0.2, 0.25) is 0 Å². The molecule has 1 aromatic rings. The fourth-order valence-electron chi connectivity index (χ4n) is 3.15. The van der Waals surface area contributed by atoms with E-state index in [0.717, 1.165) is 35.7 Å². The van der Waals surface area contributed by atoms with Gasteiger partial charge < -0.3 is 14.2 Å². The summed E-state index contributed by atoms with van der Waals surface area (Å²) >= 11 is 2.32. The summed E-state index contributed by atoms with van der Waals surface area (Å²) in [5, 5.41) is 0. The topological polar surface area (TPSA) is 48.0 Å².